The van der Waals surface area contributed by atoms with Gasteiger partial charge in [-0.2, -0.15) is 0 Å². The highest BCUT2D eigenvalue weighted by Crippen LogP contribution is 2.45. The van der Waals surface area contributed by atoms with E-state index in [9.17, 15) is 0 Å². The summed E-state index contributed by atoms with van der Waals surface area (Å²) in [6, 6.07) is 71.0. The minimum absolute atomic E-state index is 0.150. The zero-order chi connectivity index (χ0) is 29.8. The highest BCUT2D eigenvalue weighted by Gasteiger charge is 2.56. The molecule has 7 aromatic carbocycles. The summed E-state index contributed by atoms with van der Waals surface area (Å²) in [5.74, 6) is 0. The van der Waals surface area contributed by atoms with Crippen LogP contribution in [-0.4, -0.2) is 14.8 Å². The van der Waals surface area contributed by atoms with E-state index in [4.69, 9.17) is 0 Å². The van der Waals surface area contributed by atoms with Crippen LogP contribution in [0.1, 0.15) is 22.3 Å². The smallest absolute Gasteiger partial charge is 0.0683 e. The molecule has 0 unspecified atom stereocenters. The van der Waals surface area contributed by atoms with Crippen molar-refractivity contribution in [1.82, 2.24) is 0 Å². The Bertz CT molecular complexity index is 1930. The summed E-state index contributed by atoms with van der Waals surface area (Å²) in [6.45, 7) is 0.150. The van der Waals surface area contributed by atoms with Gasteiger partial charge in [-0.3, -0.25) is 0 Å². The molecule has 0 nitrogen and oxygen atoms in total. The summed E-state index contributed by atoms with van der Waals surface area (Å²) in [4.78, 5) is 0. The molecule has 0 amide bonds. The molecule has 45 heavy (non-hydrogen) atoms. The lowest BCUT2D eigenvalue weighted by Gasteiger charge is -2.50. The second kappa shape index (κ2) is 10.2. The molecule has 0 saturated carbocycles. The molecule has 2 heteroatoms. The zero-order valence-electron chi connectivity index (χ0n) is 25.0. The van der Waals surface area contributed by atoms with Gasteiger partial charge < -0.3 is 0 Å². The molecule has 0 fully saturated rings. The largest absolute Gasteiger partial charge is 0.241 e. The first kappa shape index (κ1) is 26.2. The van der Waals surface area contributed by atoms with Crippen molar-refractivity contribution in [2.24, 2.45) is 0 Å². The van der Waals surface area contributed by atoms with Gasteiger partial charge in [0.25, 0.3) is 0 Å². The van der Waals surface area contributed by atoms with Crippen LogP contribution in [0.3, 0.4) is 0 Å². The Balaban J connectivity index is 1.52. The molecule has 2 aliphatic rings. The number of hydrogen-bond donors (Lipinski definition) is 0. The molecule has 2 heterocycles. The van der Waals surface area contributed by atoms with Crippen molar-refractivity contribution in [3.05, 3.63) is 210 Å². The molecule has 9 rings (SSSR count). The molecule has 0 aromatic heterocycles. The lowest BCUT2D eigenvalue weighted by atomic mass is 9.30. The molecule has 210 valence electrons. The van der Waals surface area contributed by atoms with Crippen molar-refractivity contribution in [3.8, 4) is 0 Å². The van der Waals surface area contributed by atoms with Gasteiger partial charge in [-0.1, -0.05) is 204 Å². The van der Waals surface area contributed by atoms with Crippen LogP contribution in [0.15, 0.2) is 188 Å². The standard InChI is InChI=1S/C43H31BSi/c1-5-18-32(19-6-1)43(33-20-7-2-8-21-33)36-26-13-14-28-38(36)44-39-29-15-16-30-40(39)45(34-22-9-3-10-23-34,35-24-11-4-12-25-35)41-31-17-27-37(43)42(41)44/h1-31H. The van der Waals surface area contributed by atoms with Gasteiger partial charge >= 0.3 is 0 Å². The van der Waals surface area contributed by atoms with Crippen molar-refractivity contribution >= 4 is 51.9 Å². The third-order valence-electron chi connectivity index (χ3n) is 10.4. The fourth-order valence-corrected chi connectivity index (χ4v) is 14.1. The second-order valence-corrected chi connectivity index (χ2v) is 16.1. The van der Waals surface area contributed by atoms with Crippen LogP contribution >= 0.6 is 0 Å². The van der Waals surface area contributed by atoms with Crippen LogP contribution in [0.5, 0.6) is 0 Å². The summed E-state index contributed by atoms with van der Waals surface area (Å²) < 4.78 is 0. The molecule has 0 bridgehead atoms. The first-order valence-electron chi connectivity index (χ1n) is 15.9. The van der Waals surface area contributed by atoms with E-state index in [1.54, 1.807) is 0 Å². The molecule has 2 aliphatic heterocycles. The van der Waals surface area contributed by atoms with Gasteiger partial charge in [-0.05, 0) is 43.0 Å². The van der Waals surface area contributed by atoms with E-state index in [0.717, 1.165) is 0 Å². The van der Waals surface area contributed by atoms with E-state index in [1.807, 2.05) is 0 Å². The highest BCUT2D eigenvalue weighted by molar-refractivity contribution is 7.26. The SMILES string of the molecule is c1ccc(C2(c3ccccc3)c3ccccc3B3c4ccccc4[Si](c4ccccc4)(c4ccccc4)c4cccc2c43)cc1. The number of fused-ring (bicyclic) bond motifs is 4. The molecule has 0 atom stereocenters. The van der Waals surface area contributed by atoms with Crippen LogP contribution in [0.4, 0.5) is 0 Å². The van der Waals surface area contributed by atoms with E-state index < -0.39 is 13.5 Å². The summed E-state index contributed by atoms with van der Waals surface area (Å²) in [5.41, 5.74) is 9.27. The summed E-state index contributed by atoms with van der Waals surface area (Å²) in [6.07, 6.45) is 0. The molecular weight excluding hydrogens is 555 g/mol. The van der Waals surface area contributed by atoms with Crippen molar-refractivity contribution in [1.29, 1.82) is 0 Å². The first-order valence-corrected chi connectivity index (χ1v) is 17.9. The van der Waals surface area contributed by atoms with Gasteiger partial charge in [0.1, 0.15) is 0 Å². The van der Waals surface area contributed by atoms with Crippen LogP contribution in [-0.2, 0) is 5.41 Å². The minimum atomic E-state index is -2.72. The molecular formula is C43H31BSi. The Labute approximate surface area is 266 Å². The predicted octanol–water partition coefficient (Wildman–Crippen LogP) is 4.59. The van der Waals surface area contributed by atoms with E-state index in [0.29, 0.717) is 0 Å². The van der Waals surface area contributed by atoms with Crippen LogP contribution in [0.25, 0.3) is 0 Å². The van der Waals surface area contributed by atoms with Gasteiger partial charge in [0.15, 0.2) is 8.07 Å². The maximum Gasteiger partial charge on any atom is 0.241 e. The minimum Gasteiger partial charge on any atom is -0.0683 e. The summed E-state index contributed by atoms with van der Waals surface area (Å²) in [5, 5.41) is 5.87. The van der Waals surface area contributed by atoms with Crippen molar-refractivity contribution in [2.75, 3.05) is 0 Å². The lowest BCUT2D eigenvalue weighted by molar-refractivity contribution is 0.751. The second-order valence-electron chi connectivity index (χ2n) is 12.3. The summed E-state index contributed by atoms with van der Waals surface area (Å²) >= 11 is 0. The van der Waals surface area contributed by atoms with E-state index in [-0.39, 0.29) is 6.71 Å². The zero-order valence-corrected chi connectivity index (χ0v) is 26.0. The monoisotopic (exact) mass is 586 g/mol. The molecule has 0 saturated heterocycles. The number of rotatable bonds is 4. The van der Waals surface area contributed by atoms with Crippen LogP contribution in [0, 0.1) is 0 Å². The fourth-order valence-electron chi connectivity index (χ4n) is 8.81. The topological polar surface area (TPSA) is 0 Å². The van der Waals surface area contributed by atoms with E-state index in [2.05, 4.69) is 188 Å². The third kappa shape index (κ3) is 3.49. The highest BCUT2D eigenvalue weighted by atomic mass is 28.3. The van der Waals surface area contributed by atoms with Crippen molar-refractivity contribution in [3.63, 3.8) is 0 Å². The van der Waals surface area contributed by atoms with Gasteiger partial charge in [0.05, 0.1) is 5.41 Å². The quantitative estimate of drug-likeness (QED) is 0.265. The van der Waals surface area contributed by atoms with Crippen LogP contribution < -0.4 is 37.1 Å². The molecule has 7 aromatic rings. The van der Waals surface area contributed by atoms with Gasteiger partial charge in [-0.15, -0.1) is 0 Å². The molecule has 0 spiro atoms. The lowest BCUT2D eigenvalue weighted by Crippen LogP contribution is -2.88. The normalized spacial score (nSPS) is 15.0. The Kier molecular flexibility index (Phi) is 5.94. The number of hydrogen-bond acceptors (Lipinski definition) is 0. The summed E-state index contributed by atoms with van der Waals surface area (Å²) in [7, 11) is -2.72. The molecule has 0 aliphatic carbocycles. The van der Waals surface area contributed by atoms with Crippen LogP contribution in [0.2, 0.25) is 0 Å². The molecule has 0 N–H and O–H groups in total. The predicted molar refractivity (Wildman–Crippen MR) is 193 cm³/mol. The van der Waals surface area contributed by atoms with Crippen molar-refractivity contribution in [2.45, 2.75) is 5.41 Å². The van der Waals surface area contributed by atoms with E-state index >= 15 is 0 Å². The Morgan fingerprint density at radius 2 is 0.800 bits per heavy atom. The maximum absolute atomic E-state index is 2.72. The Morgan fingerprint density at radius 1 is 0.356 bits per heavy atom. The maximum atomic E-state index is 2.47. The van der Waals surface area contributed by atoms with E-state index in [1.165, 1.54) is 59.4 Å². The Hall–Kier alpha value is -5.18. The number of benzene rings is 7. The fraction of sp³-hybridized carbons (Fsp3) is 0.0233. The third-order valence-corrected chi connectivity index (χ3v) is 15.3. The van der Waals surface area contributed by atoms with Gasteiger partial charge in [0.2, 0.25) is 6.71 Å². The molecule has 0 radical (unpaired) electrons. The Morgan fingerprint density at radius 3 is 1.40 bits per heavy atom. The van der Waals surface area contributed by atoms with Gasteiger partial charge in [0, 0.05) is 0 Å². The van der Waals surface area contributed by atoms with Crippen molar-refractivity contribution < 1.29 is 0 Å². The average molecular weight is 587 g/mol. The average Bonchev–Trinajstić information content (AvgIpc) is 3.13. The van der Waals surface area contributed by atoms with Gasteiger partial charge in [-0.25, -0.2) is 0 Å². The first-order chi connectivity index (χ1) is 22.4.